The Kier molecular flexibility index (Phi) is 6.01. The van der Waals surface area contributed by atoms with Crippen LogP contribution in [-0.4, -0.2) is 53.5 Å². The van der Waals surface area contributed by atoms with Crippen molar-refractivity contribution < 1.29 is 24.2 Å². The maximum Gasteiger partial charge on any atom is 0.410 e. The molecule has 0 bridgehead atoms. The first-order valence-corrected chi connectivity index (χ1v) is 11.0. The molecule has 0 unspecified atom stereocenters. The number of benzene rings is 2. The number of amides is 1. The molecule has 2 aromatic carbocycles. The first kappa shape index (κ1) is 21.4. The molecule has 6 heteroatoms. The fourth-order valence-electron chi connectivity index (χ4n) is 4.93. The summed E-state index contributed by atoms with van der Waals surface area (Å²) >= 11 is 0. The molecule has 2 aromatic rings. The predicted molar refractivity (Wildman–Crippen MR) is 117 cm³/mol. The van der Waals surface area contributed by atoms with Gasteiger partial charge in [-0.1, -0.05) is 55.5 Å². The van der Waals surface area contributed by atoms with E-state index in [1.54, 1.807) is 0 Å². The maximum atomic E-state index is 13.1. The van der Waals surface area contributed by atoms with Gasteiger partial charge in [0.2, 0.25) is 0 Å². The van der Waals surface area contributed by atoms with Crippen LogP contribution in [0.3, 0.4) is 0 Å². The van der Waals surface area contributed by atoms with Gasteiger partial charge in [0.05, 0.1) is 6.10 Å². The van der Waals surface area contributed by atoms with Gasteiger partial charge in [0, 0.05) is 31.9 Å². The number of carboxylic acids is 1. The highest BCUT2D eigenvalue weighted by atomic mass is 16.6. The van der Waals surface area contributed by atoms with Gasteiger partial charge in [-0.15, -0.1) is 0 Å². The summed E-state index contributed by atoms with van der Waals surface area (Å²) in [5, 5.41) is 9.95. The Morgan fingerprint density at radius 2 is 1.61 bits per heavy atom. The zero-order valence-corrected chi connectivity index (χ0v) is 18.0. The van der Waals surface area contributed by atoms with Crippen LogP contribution in [0, 0.1) is 0 Å². The Morgan fingerprint density at radius 1 is 1.03 bits per heavy atom. The number of carboxylic acid groups (broad SMARTS) is 1. The molecule has 6 nitrogen and oxygen atoms in total. The van der Waals surface area contributed by atoms with Crippen molar-refractivity contribution in [3.63, 3.8) is 0 Å². The summed E-state index contributed by atoms with van der Waals surface area (Å²) in [6, 6.07) is 16.3. The zero-order chi connectivity index (χ0) is 22.0. The summed E-state index contributed by atoms with van der Waals surface area (Å²) in [6.07, 6.45) is 0.530. The molecule has 1 N–H and O–H groups in total. The predicted octanol–water partition coefficient (Wildman–Crippen LogP) is 4.67. The number of ether oxygens (including phenoxy) is 2. The van der Waals surface area contributed by atoms with Gasteiger partial charge in [0.15, 0.2) is 0 Å². The summed E-state index contributed by atoms with van der Waals surface area (Å²) in [5.74, 6) is -1.05. The molecule has 0 aromatic heterocycles. The average molecular weight is 424 g/mol. The molecule has 2 aliphatic carbocycles. The first-order chi connectivity index (χ1) is 15.0. The zero-order valence-electron chi connectivity index (χ0n) is 18.0. The molecule has 1 fully saturated rings. The molecule has 2 aliphatic rings. The Balaban J connectivity index is 1.52. The second-order valence-electron chi connectivity index (χ2n) is 8.28. The lowest BCUT2D eigenvalue weighted by atomic mass is 9.72. The van der Waals surface area contributed by atoms with E-state index in [1.165, 1.54) is 4.90 Å². The van der Waals surface area contributed by atoms with Gasteiger partial charge in [-0.3, -0.25) is 4.90 Å². The molecule has 1 amide bonds. The Bertz CT molecular complexity index is 920. The van der Waals surface area contributed by atoms with Gasteiger partial charge in [0.25, 0.3) is 0 Å². The van der Waals surface area contributed by atoms with E-state index in [4.69, 9.17) is 9.47 Å². The fraction of sp³-hybridized carbons (Fsp3) is 0.440. The number of carbonyl (C=O) groups excluding carboxylic acids is 1. The lowest BCUT2D eigenvalue weighted by Gasteiger charge is -2.49. The van der Waals surface area contributed by atoms with Crippen LogP contribution in [-0.2, 0) is 14.3 Å². The highest BCUT2D eigenvalue weighted by Gasteiger charge is 2.57. The standard InChI is InChI=1S/C25H29NO5/c1-3-13-26(25(23(27)28)14-17(15-25)30-4-2)24(29)31-16-22-20-11-7-5-9-18(20)19-10-6-8-12-21(19)22/h5-12,17,22H,3-4,13-16H2,1-2H3,(H,27,28). The Hall–Kier alpha value is -2.86. The smallest absolute Gasteiger partial charge is 0.410 e. The molecule has 0 aliphatic heterocycles. The number of hydrogen-bond acceptors (Lipinski definition) is 4. The molecule has 0 heterocycles. The summed E-state index contributed by atoms with van der Waals surface area (Å²) in [4.78, 5) is 26.7. The van der Waals surface area contributed by atoms with E-state index in [2.05, 4.69) is 24.3 Å². The minimum absolute atomic E-state index is 0.0573. The normalized spacial score (nSPS) is 21.7. The van der Waals surface area contributed by atoms with Crippen LogP contribution in [0.15, 0.2) is 48.5 Å². The monoisotopic (exact) mass is 423 g/mol. The molecule has 31 heavy (non-hydrogen) atoms. The lowest BCUT2D eigenvalue weighted by molar-refractivity contribution is -0.170. The van der Waals surface area contributed by atoms with Gasteiger partial charge >= 0.3 is 12.1 Å². The lowest BCUT2D eigenvalue weighted by Crippen LogP contribution is -2.66. The number of carbonyl (C=O) groups is 2. The van der Waals surface area contributed by atoms with Crippen LogP contribution < -0.4 is 0 Å². The van der Waals surface area contributed by atoms with Crippen LogP contribution in [0.2, 0.25) is 0 Å². The second-order valence-corrected chi connectivity index (χ2v) is 8.28. The van der Waals surface area contributed by atoms with Crippen molar-refractivity contribution in [1.29, 1.82) is 0 Å². The van der Waals surface area contributed by atoms with Crippen LogP contribution >= 0.6 is 0 Å². The van der Waals surface area contributed by atoms with Gasteiger partial charge in [-0.2, -0.15) is 0 Å². The minimum Gasteiger partial charge on any atom is -0.479 e. The Labute approximate surface area is 182 Å². The van der Waals surface area contributed by atoms with E-state index in [0.29, 0.717) is 32.4 Å². The third-order valence-electron chi connectivity index (χ3n) is 6.45. The number of hydrogen-bond donors (Lipinski definition) is 1. The molecule has 0 saturated heterocycles. The number of aliphatic carboxylic acids is 1. The molecule has 4 rings (SSSR count). The second kappa shape index (κ2) is 8.71. The van der Waals surface area contributed by atoms with Crippen molar-refractivity contribution in [3.05, 3.63) is 59.7 Å². The summed E-state index contributed by atoms with van der Waals surface area (Å²) in [7, 11) is 0. The summed E-state index contributed by atoms with van der Waals surface area (Å²) in [6.45, 7) is 4.85. The van der Waals surface area contributed by atoms with Crippen molar-refractivity contribution in [2.45, 2.75) is 50.7 Å². The van der Waals surface area contributed by atoms with Gasteiger partial charge in [0.1, 0.15) is 12.1 Å². The van der Waals surface area contributed by atoms with Gasteiger partial charge < -0.3 is 14.6 Å². The van der Waals surface area contributed by atoms with E-state index in [9.17, 15) is 14.7 Å². The average Bonchev–Trinajstić information content (AvgIpc) is 3.06. The third-order valence-corrected chi connectivity index (χ3v) is 6.45. The summed E-state index contributed by atoms with van der Waals surface area (Å²) in [5.41, 5.74) is 3.33. The van der Waals surface area contributed by atoms with Gasteiger partial charge in [-0.05, 0) is 35.6 Å². The number of rotatable bonds is 8. The topological polar surface area (TPSA) is 76.1 Å². The van der Waals surface area contributed by atoms with E-state index in [-0.39, 0.29) is 18.6 Å². The number of fused-ring (bicyclic) bond motifs is 3. The fourth-order valence-corrected chi connectivity index (χ4v) is 4.93. The van der Waals surface area contributed by atoms with Crippen LogP contribution in [0.4, 0.5) is 4.79 Å². The van der Waals surface area contributed by atoms with Gasteiger partial charge in [-0.25, -0.2) is 9.59 Å². The van der Waals surface area contributed by atoms with E-state index >= 15 is 0 Å². The minimum atomic E-state index is -1.25. The van der Waals surface area contributed by atoms with Crippen LogP contribution in [0.25, 0.3) is 11.1 Å². The molecule has 0 spiro atoms. The highest BCUT2D eigenvalue weighted by Crippen LogP contribution is 2.45. The van der Waals surface area contributed by atoms with Crippen molar-refractivity contribution >= 4 is 12.1 Å². The molecule has 1 saturated carbocycles. The van der Waals surface area contributed by atoms with Crippen molar-refractivity contribution in [2.24, 2.45) is 0 Å². The first-order valence-electron chi connectivity index (χ1n) is 11.0. The third kappa shape index (κ3) is 3.69. The number of nitrogens with zero attached hydrogens (tertiary/aromatic N) is 1. The van der Waals surface area contributed by atoms with E-state index in [0.717, 1.165) is 22.3 Å². The summed E-state index contributed by atoms with van der Waals surface area (Å²) < 4.78 is 11.3. The van der Waals surface area contributed by atoms with Crippen molar-refractivity contribution in [1.82, 2.24) is 4.90 Å². The quantitative estimate of drug-likeness (QED) is 0.668. The van der Waals surface area contributed by atoms with E-state index in [1.807, 2.05) is 38.1 Å². The molecular weight excluding hydrogens is 394 g/mol. The Morgan fingerprint density at radius 3 is 2.13 bits per heavy atom. The largest absolute Gasteiger partial charge is 0.479 e. The van der Waals surface area contributed by atoms with Crippen LogP contribution in [0.1, 0.15) is 50.2 Å². The maximum absolute atomic E-state index is 13.1. The molecule has 0 radical (unpaired) electrons. The van der Waals surface area contributed by atoms with Crippen LogP contribution in [0.5, 0.6) is 0 Å². The molecule has 0 atom stereocenters. The molecular formula is C25H29NO5. The highest BCUT2D eigenvalue weighted by molar-refractivity contribution is 5.86. The van der Waals surface area contributed by atoms with E-state index < -0.39 is 17.6 Å². The van der Waals surface area contributed by atoms with Crippen molar-refractivity contribution in [2.75, 3.05) is 19.8 Å². The van der Waals surface area contributed by atoms with Crippen molar-refractivity contribution in [3.8, 4) is 11.1 Å². The molecule has 164 valence electrons. The SMILES string of the molecule is CCCN(C(=O)OCC1c2ccccc2-c2ccccc21)C1(C(=O)O)CC(OCC)C1.